The average molecular weight is 518 g/mol. The van der Waals surface area contributed by atoms with Gasteiger partial charge in [-0.3, -0.25) is 4.98 Å². The van der Waals surface area contributed by atoms with Crippen LogP contribution in [0.25, 0.3) is 39.2 Å². The highest BCUT2D eigenvalue weighted by Gasteiger charge is 2.39. The Morgan fingerprint density at radius 3 is 2.21 bits per heavy atom. The van der Waals surface area contributed by atoms with E-state index in [9.17, 15) is 0 Å². The molecule has 0 bridgehead atoms. The van der Waals surface area contributed by atoms with Crippen LogP contribution in [0.15, 0.2) is 66.7 Å². The van der Waals surface area contributed by atoms with Crippen LogP contribution >= 0.6 is 0 Å². The molecule has 39 heavy (non-hydrogen) atoms. The molecule has 1 unspecified atom stereocenters. The Bertz CT molecular complexity index is 1850. The summed E-state index contributed by atoms with van der Waals surface area (Å²) in [6, 6.07) is 23.6. The lowest BCUT2D eigenvalue weighted by atomic mass is 9.84. The predicted octanol–water partition coefficient (Wildman–Crippen LogP) is 8.69. The van der Waals surface area contributed by atoms with Crippen molar-refractivity contribution >= 4 is 11.0 Å². The lowest BCUT2D eigenvalue weighted by Gasteiger charge is -2.21. The molecule has 198 valence electrons. The summed E-state index contributed by atoms with van der Waals surface area (Å²) >= 11 is 0. The molecule has 3 heteroatoms. The number of aromatic nitrogens is 3. The molecule has 0 aliphatic heterocycles. The van der Waals surface area contributed by atoms with Gasteiger partial charge < -0.3 is 0 Å². The molecule has 0 spiro atoms. The van der Waals surface area contributed by atoms with Gasteiger partial charge in [0.2, 0.25) is 0 Å². The quantitative estimate of drug-likeness (QED) is 0.219. The van der Waals surface area contributed by atoms with Crippen molar-refractivity contribution < 1.29 is 8.68 Å². The third-order valence-electron chi connectivity index (χ3n) is 8.52. The van der Waals surface area contributed by atoms with E-state index >= 15 is 0 Å². The number of benzene rings is 3. The summed E-state index contributed by atoms with van der Waals surface area (Å²) in [5.41, 5.74) is 11.2. The number of hydrogen-bond acceptors (Lipinski definition) is 1. The average Bonchev–Trinajstić information content (AvgIpc) is 3.36. The summed E-state index contributed by atoms with van der Waals surface area (Å²) in [7, 11) is 2.14. The van der Waals surface area contributed by atoms with Crippen LogP contribution in [0.4, 0.5) is 0 Å². The fourth-order valence-corrected chi connectivity index (χ4v) is 6.48. The van der Waals surface area contributed by atoms with Gasteiger partial charge in [0.05, 0.1) is 18.3 Å². The van der Waals surface area contributed by atoms with Gasteiger partial charge in [-0.15, -0.1) is 0 Å². The monoisotopic (exact) mass is 517 g/mol. The molecule has 0 saturated heterocycles. The summed E-state index contributed by atoms with van der Waals surface area (Å²) < 4.78 is 30.6. The first kappa shape index (κ1) is 22.1. The summed E-state index contributed by atoms with van der Waals surface area (Å²) in [6.45, 7) is 12.7. The molecule has 0 fully saturated rings. The van der Waals surface area contributed by atoms with Crippen molar-refractivity contribution in [2.45, 2.75) is 72.6 Å². The number of para-hydroxylation sites is 3. The second-order valence-corrected chi connectivity index (χ2v) is 12.0. The Kier molecular flexibility index (Phi) is 5.06. The second-order valence-electron chi connectivity index (χ2n) is 12.0. The zero-order valence-electron chi connectivity index (χ0n) is 27.3. The first-order valence-electron chi connectivity index (χ1n) is 15.5. The van der Waals surface area contributed by atoms with E-state index in [-0.39, 0.29) is 0 Å². The fraction of sp³-hybridized carbons (Fsp3) is 0.333. The van der Waals surface area contributed by atoms with E-state index in [2.05, 4.69) is 105 Å². The van der Waals surface area contributed by atoms with E-state index in [1.807, 2.05) is 26.0 Å². The molecular formula is C36H40N3+. The lowest BCUT2D eigenvalue weighted by molar-refractivity contribution is -0.633. The molecule has 2 aromatic heterocycles. The topological polar surface area (TPSA) is 21.7 Å². The van der Waals surface area contributed by atoms with E-state index in [1.165, 1.54) is 16.8 Å². The van der Waals surface area contributed by atoms with Crippen LogP contribution in [0.2, 0.25) is 0 Å². The maximum absolute atomic E-state index is 8.61. The van der Waals surface area contributed by atoms with E-state index in [0.717, 1.165) is 50.4 Å². The molecule has 3 aromatic carbocycles. The molecule has 1 atom stereocenters. The van der Waals surface area contributed by atoms with Crippen LogP contribution in [0.5, 0.6) is 0 Å². The van der Waals surface area contributed by atoms with Crippen molar-refractivity contribution in [3.8, 4) is 28.2 Å². The Hall–Kier alpha value is -3.72. The van der Waals surface area contributed by atoms with Crippen molar-refractivity contribution in [1.29, 1.82) is 0 Å². The highest BCUT2D eigenvalue weighted by molar-refractivity contribution is 5.86. The lowest BCUT2D eigenvalue weighted by Crippen LogP contribution is -2.30. The smallest absolute Gasteiger partial charge is 0.257 e. The summed E-state index contributed by atoms with van der Waals surface area (Å²) in [5.74, 6) is 1.75. The molecular weight excluding hydrogens is 474 g/mol. The van der Waals surface area contributed by atoms with E-state index in [1.54, 1.807) is 0 Å². The maximum Gasteiger partial charge on any atom is 0.295 e. The first-order chi connectivity index (χ1) is 19.8. The Labute approximate surface area is 237 Å². The van der Waals surface area contributed by atoms with Crippen LogP contribution < -0.4 is 4.57 Å². The van der Waals surface area contributed by atoms with Gasteiger partial charge in [0, 0.05) is 31.9 Å². The molecule has 1 aliphatic rings. The van der Waals surface area contributed by atoms with Crippen LogP contribution in [0.1, 0.15) is 91.1 Å². The van der Waals surface area contributed by atoms with Gasteiger partial charge in [-0.1, -0.05) is 83.9 Å². The number of hydrogen-bond donors (Lipinski definition) is 0. The molecule has 0 N–H and O–H groups in total. The van der Waals surface area contributed by atoms with Crippen molar-refractivity contribution in [1.82, 2.24) is 9.55 Å². The number of rotatable bonds is 4. The molecule has 0 radical (unpaired) electrons. The molecule has 5 aromatic rings. The molecule has 0 amide bonds. The minimum absolute atomic E-state index is 0.334. The van der Waals surface area contributed by atoms with Crippen molar-refractivity contribution in [2.24, 2.45) is 7.05 Å². The second kappa shape index (κ2) is 8.91. The van der Waals surface area contributed by atoms with E-state index in [4.69, 9.17) is 9.10 Å². The van der Waals surface area contributed by atoms with Gasteiger partial charge in [0.15, 0.2) is 11.0 Å². The Morgan fingerprint density at radius 1 is 0.846 bits per heavy atom. The molecule has 2 heterocycles. The largest absolute Gasteiger partial charge is 0.295 e. The summed E-state index contributed by atoms with van der Waals surface area (Å²) in [6.07, 6.45) is 0. The number of aryl methyl sites for hydroxylation is 3. The minimum Gasteiger partial charge on any atom is -0.257 e. The zero-order chi connectivity index (χ0) is 30.3. The summed E-state index contributed by atoms with van der Waals surface area (Å²) in [5, 5.41) is 0. The third-order valence-corrected chi connectivity index (χ3v) is 8.52. The van der Waals surface area contributed by atoms with Crippen LogP contribution in [-0.2, 0) is 12.5 Å². The first-order valence-corrected chi connectivity index (χ1v) is 14.0. The molecule has 3 nitrogen and oxygen atoms in total. The Balaban J connectivity index is 1.75. The molecule has 6 rings (SSSR count). The highest BCUT2D eigenvalue weighted by Crippen LogP contribution is 2.50. The van der Waals surface area contributed by atoms with Gasteiger partial charge >= 0.3 is 0 Å². The van der Waals surface area contributed by atoms with Gasteiger partial charge in [-0.05, 0) is 66.6 Å². The van der Waals surface area contributed by atoms with Crippen LogP contribution in [0.3, 0.4) is 0 Å². The normalized spacial score (nSPS) is 17.8. The van der Waals surface area contributed by atoms with E-state index in [0.29, 0.717) is 17.5 Å². The summed E-state index contributed by atoms with van der Waals surface area (Å²) in [4.78, 5) is 4.83. The van der Waals surface area contributed by atoms with Crippen LogP contribution in [-0.4, -0.2) is 9.55 Å². The highest BCUT2D eigenvalue weighted by atomic mass is 15.2. The van der Waals surface area contributed by atoms with Gasteiger partial charge in [0.1, 0.15) is 5.69 Å². The number of imidazole rings is 1. The standard InChI is InChI=1S/C36H40N3/c1-21(2)25-13-12-14-26(22(3)4)33(25)39-32-16-11-10-15-31(32)38(9)35(39)28-20-29-27-18-17-24(6)37-34(27)36(7,8)30(29)19-23(28)5/h10-22H,1-9H3/q+1/i7D3. The van der Waals surface area contributed by atoms with Gasteiger partial charge in [-0.25, -0.2) is 4.57 Å². The van der Waals surface area contributed by atoms with Crippen molar-refractivity contribution in [2.75, 3.05) is 0 Å². The Morgan fingerprint density at radius 2 is 1.54 bits per heavy atom. The fourth-order valence-electron chi connectivity index (χ4n) is 6.48. The predicted molar refractivity (Wildman–Crippen MR) is 163 cm³/mol. The SMILES string of the molecule is [2H]C([2H])([2H])C1(C)c2cc(C)c(-c3n(-c4c(C(C)C)cccc4C(C)C)c4ccccc4[n+]3C)cc2-c2ccc(C)nc21. The number of nitrogens with zero attached hydrogens (tertiary/aromatic N) is 3. The minimum atomic E-state index is -2.25. The molecule has 1 aliphatic carbocycles. The van der Waals surface area contributed by atoms with Crippen LogP contribution in [0, 0.1) is 13.8 Å². The zero-order valence-corrected chi connectivity index (χ0v) is 24.3. The van der Waals surface area contributed by atoms with E-state index < -0.39 is 12.3 Å². The van der Waals surface area contributed by atoms with Gasteiger partial charge in [-0.2, -0.15) is 4.57 Å². The number of pyridine rings is 1. The van der Waals surface area contributed by atoms with Gasteiger partial charge in [0.25, 0.3) is 5.82 Å². The van der Waals surface area contributed by atoms with Crippen molar-refractivity contribution in [3.05, 3.63) is 100 Å². The maximum atomic E-state index is 8.61. The van der Waals surface area contributed by atoms with Crippen molar-refractivity contribution in [3.63, 3.8) is 0 Å². The number of fused-ring (bicyclic) bond motifs is 4. The third kappa shape index (κ3) is 3.70. The molecule has 0 saturated carbocycles.